The molecule has 0 saturated carbocycles. The lowest BCUT2D eigenvalue weighted by Crippen LogP contribution is -2.33. The lowest BCUT2D eigenvalue weighted by Gasteiger charge is -2.22. The van der Waals surface area contributed by atoms with Crippen LogP contribution in [0.3, 0.4) is 0 Å². The Morgan fingerprint density at radius 3 is 2.48 bits per heavy atom. The first-order chi connectivity index (χ1) is 13.1. The molecule has 0 radical (unpaired) electrons. The third-order valence-corrected chi connectivity index (χ3v) is 5.09. The van der Waals surface area contributed by atoms with Crippen LogP contribution < -0.4 is 0 Å². The molecule has 0 bridgehead atoms. The fourth-order valence-corrected chi connectivity index (χ4v) is 3.71. The summed E-state index contributed by atoms with van der Waals surface area (Å²) in [7, 11) is 0. The standard InChI is InChI=1S/C22H29N3O2/c1-3-11-24(12-4-2)22(27)19-9-10-23-20-16-18(8-7-17(20)15-19)21(26)25-13-5-6-14-25/h7-8,10,15-16H,3-6,9,11-14H2,1-2H3. The van der Waals surface area contributed by atoms with Crippen molar-refractivity contribution in [2.45, 2.75) is 46.0 Å². The molecule has 1 fully saturated rings. The van der Waals surface area contributed by atoms with Gasteiger partial charge < -0.3 is 9.80 Å². The molecule has 0 atom stereocenters. The van der Waals surface area contributed by atoms with E-state index in [0.29, 0.717) is 12.0 Å². The van der Waals surface area contributed by atoms with Crippen molar-refractivity contribution in [3.63, 3.8) is 0 Å². The Hall–Kier alpha value is -2.43. The average molecular weight is 367 g/mol. The largest absolute Gasteiger partial charge is 0.339 e. The van der Waals surface area contributed by atoms with E-state index >= 15 is 0 Å². The summed E-state index contributed by atoms with van der Waals surface area (Å²) in [6.45, 7) is 7.40. The Morgan fingerprint density at radius 2 is 1.81 bits per heavy atom. The van der Waals surface area contributed by atoms with Gasteiger partial charge in [0.15, 0.2) is 0 Å². The fraction of sp³-hybridized carbons (Fsp3) is 0.500. The van der Waals surface area contributed by atoms with Crippen LogP contribution >= 0.6 is 0 Å². The van der Waals surface area contributed by atoms with E-state index in [0.717, 1.165) is 68.7 Å². The summed E-state index contributed by atoms with van der Waals surface area (Å²) < 4.78 is 0. The summed E-state index contributed by atoms with van der Waals surface area (Å²) in [5.41, 5.74) is 3.10. The van der Waals surface area contributed by atoms with E-state index in [-0.39, 0.29) is 11.8 Å². The van der Waals surface area contributed by atoms with E-state index < -0.39 is 0 Å². The third kappa shape index (κ3) is 4.46. The highest BCUT2D eigenvalue weighted by atomic mass is 16.2. The van der Waals surface area contributed by atoms with E-state index in [1.807, 2.05) is 34.1 Å². The number of carbonyl (C=O) groups excluding carboxylic acids is 2. The molecule has 3 rings (SSSR count). The summed E-state index contributed by atoms with van der Waals surface area (Å²) in [5, 5.41) is 0. The third-order valence-electron chi connectivity index (χ3n) is 5.09. The number of nitrogens with zero attached hydrogens (tertiary/aromatic N) is 3. The SMILES string of the molecule is CCCN(CCC)C(=O)C1=Cc2ccc(C(=O)N3CCCC3)cc2N=CC1. The molecule has 0 aromatic heterocycles. The summed E-state index contributed by atoms with van der Waals surface area (Å²) in [6, 6.07) is 5.62. The van der Waals surface area contributed by atoms with Gasteiger partial charge in [-0.3, -0.25) is 14.6 Å². The van der Waals surface area contributed by atoms with Crippen molar-refractivity contribution in [1.29, 1.82) is 0 Å². The number of aliphatic imine (C=N–C) groups is 1. The van der Waals surface area contributed by atoms with E-state index in [4.69, 9.17) is 0 Å². The van der Waals surface area contributed by atoms with Crippen LogP contribution in [0, 0.1) is 0 Å². The predicted octanol–water partition coefficient (Wildman–Crippen LogP) is 4.06. The van der Waals surface area contributed by atoms with Gasteiger partial charge in [0.1, 0.15) is 0 Å². The van der Waals surface area contributed by atoms with E-state index in [2.05, 4.69) is 18.8 Å². The van der Waals surface area contributed by atoms with Gasteiger partial charge in [0.05, 0.1) is 5.69 Å². The molecule has 5 nitrogen and oxygen atoms in total. The van der Waals surface area contributed by atoms with Gasteiger partial charge in [0.2, 0.25) is 5.91 Å². The van der Waals surface area contributed by atoms with Crippen LogP contribution in [0.15, 0.2) is 28.8 Å². The fourth-order valence-electron chi connectivity index (χ4n) is 3.71. The van der Waals surface area contributed by atoms with Crippen LogP contribution in [0.25, 0.3) is 6.08 Å². The lowest BCUT2D eigenvalue weighted by atomic mass is 10.0. The van der Waals surface area contributed by atoms with Crippen LogP contribution in [-0.4, -0.2) is 54.0 Å². The van der Waals surface area contributed by atoms with Crippen molar-refractivity contribution in [2.75, 3.05) is 26.2 Å². The van der Waals surface area contributed by atoms with Crippen molar-refractivity contribution < 1.29 is 9.59 Å². The molecular formula is C22H29N3O2. The predicted molar refractivity (Wildman–Crippen MR) is 109 cm³/mol. The second kappa shape index (κ2) is 8.98. The zero-order chi connectivity index (χ0) is 19.2. The topological polar surface area (TPSA) is 53.0 Å². The summed E-state index contributed by atoms with van der Waals surface area (Å²) in [6.07, 6.45) is 8.30. The van der Waals surface area contributed by atoms with Crippen LogP contribution in [0.1, 0.15) is 61.9 Å². The van der Waals surface area contributed by atoms with Gasteiger partial charge in [-0.05, 0) is 43.9 Å². The van der Waals surface area contributed by atoms with Gasteiger partial charge in [0, 0.05) is 55.5 Å². The van der Waals surface area contributed by atoms with Gasteiger partial charge in [-0.25, -0.2) is 0 Å². The molecule has 0 N–H and O–H groups in total. The Labute approximate surface area is 161 Å². The molecular weight excluding hydrogens is 338 g/mol. The Kier molecular flexibility index (Phi) is 6.43. The highest BCUT2D eigenvalue weighted by Crippen LogP contribution is 2.28. The minimum atomic E-state index is 0.0760. The number of benzene rings is 1. The van der Waals surface area contributed by atoms with Crippen molar-refractivity contribution in [3.05, 3.63) is 34.9 Å². The minimum Gasteiger partial charge on any atom is -0.339 e. The molecule has 2 heterocycles. The van der Waals surface area contributed by atoms with Crippen molar-refractivity contribution in [2.24, 2.45) is 4.99 Å². The van der Waals surface area contributed by atoms with Crippen molar-refractivity contribution in [1.82, 2.24) is 9.80 Å². The molecule has 0 unspecified atom stereocenters. The molecule has 27 heavy (non-hydrogen) atoms. The van der Waals surface area contributed by atoms with Gasteiger partial charge >= 0.3 is 0 Å². The molecule has 1 aromatic carbocycles. The molecule has 2 aliphatic heterocycles. The number of likely N-dealkylation sites (tertiary alicyclic amines) is 1. The molecule has 1 aromatic rings. The highest BCUT2D eigenvalue weighted by Gasteiger charge is 2.22. The van der Waals surface area contributed by atoms with E-state index in [1.54, 1.807) is 6.21 Å². The lowest BCUT2D eigenvalue weighted by molar-refractivity contribution is -0.127. The van der Waals surface area contributed by atoms with Gasteiger partial charge in [0.25, 0.3) is 5.91 Å². The molecule has 5 heteroatoms. The van der Waals surface area contributed by atoms with Crippen LogP contribution in [0.2, 0.25) is 0 Å². The molecule has 1 saturated heterocycles. The number of hydrogen-bond donors (Lipinski definition) is 0. The summed E-state index contributed by atoms with van der Waals surface area (Å²) in [5.74, 6) is 0.169. The molecule has 2 amide bonds. The van der Waals surface area contributed by atoms with Crippen LogP contribution in [0.4, 0.5) is 5.69 Å². The van der Waals surface area contributed by atoms with E-state index in [1.165, 1.54) is 0 Å². The maximum atomic E-state index is 12.9. The zero-order valence-corrected chi connectivity index (χ0v) is 16.4. The number of hydrogen-bond acceptors (Lipinski definition) is 3. The van der Waals surface area contributed by atoms with Gasteiger partial charge in [-0.1, -0.05) is 19.9 Å². The molecule has 0 aliphatic carbocycles. The average Bonchev–Trinajstić information content (AvgIpc) is 3.13. The number of fused-ring (bicyclic) bond motifs is 1. The first-order valence-corrected chi connectivity index (χ1v) is 10.1. The first kappa shape index (κ1) is 19.3. The normalized spacial score (nSPS) is 15.9. The monoisotopic (exact) mass is 367 g/mol. The second-order valence-electron chi connectivity index (χ2n) is 7.25. The summed E-state index contributed by atoms with van der Waals surface area (Å²) >= 11 is 0. The molecule has 0 spiro atoms. The Morgan fingerprint density at radius 1 is 1.11 bits per heavy atom. The zero-order valence-electron chi connectivity index (χ0n) is 16.4. The number of amides is 2. The maximum absolute atomic E-state index is 12.9. The molecule has 2 aliphatic rings. The van der Waals surface area contributed by atoms with E-state index in [9.17, 15) is 9.59 Å². The molecule has 144 valence electrons. The number of carbonyl (C=O) groups is 2. The summed E-state index contributed by atoms with van der Waals surface area (Å²) in [4.78, 5) is 33.9. The Bertz CT molecular complexity index is 755. The van der Waals surface area contributed by atoms with Gasteiger partial charge in [-0.15, -0.1) is 0 Å². The van der Waals surface area contributed by atoms with Crippen molar-refractivity contribution >= 4 is 29.8 Å². The minimum absolute atomic E-state index is 0.0760. The van der Waals surface area contributed by atoms with Gasteiger partial charge in [-0.2, -0.15) is 0 Å². The van der Waals surface area contributed by atoms with Crippen molar-refractivity contribution in [3.8, 4) is 0 Å². The smallest absolute Gasteiger partial charge is 0.253 e. The number of rotatable bonds is 6. The Balaban J connectivity index is 1.84. The quantitative estimate of drug-likeness (QED) is 0.761. The second-order valence-corrected chi connectivity index (χ2v) is 7.25. The highest BCUT2D eigenvalue weighted by molar-refractivity contribution is 6.03. The first-order valence-electron chi connectivity index (χ1n) is 10.1. The van der Waals surface area contributed by atoms with Crippen LogP contribution in [0.5, 0.6) is 0 Å². The van der Waals surface area contributed by atoms with Crippen LogP contribution in [-0.2, 0) is 4.79 Å². The maximum Gasteiger partial charge on any atom is 0.253 e.